The predicted octanol–water partition coefficient (Wildman–Crippen LogP) is 0.696. The van der Waals surface area contributed by atoms with Gasteiger partial charge in [0.2, 0.25) is 5.91 Å². The average molecular weight is 352 g/mol. The molecule has 0 aliphatic heterocycles. The van der Waals surface area contributed by atoms with Crippen molar-refractivity contribution in [3.8, 4) is 0 Å². The highest BCUT2D eigenvalue weighted by molar-refractivity contribution is 7.99. The van der Waals surface area contributed by atoms with E-state index in [1.807, 2.05) is 19.9 Å². The lowest BCUT2D eigenvalue weighted by Gasteiger charge is -2.06. The third-order valence-electron chi connectivity index (χ3n) is 3.06. The number of rotatable bonds is 7. The van der Waals surface area contributed by atoms with Gasteiger partial charge in [-0.25, -0.2) is 9.78 Å². The molecule has 10 heteroatoms. The maximum atomic E-state index is 11.8. The molecule has 2 N–H and O–H groups in total. The zero-order valence-electron chi connectivity index (χ0n) is 13.8. The highest BCUT2D eigenvalue weighted by atomic mass is 32.2. The summed E-state index contributed by atoms with van der Waals surface area (Å²) >= 11 is 1.20. The molecule has 0 unspecified atom stereocenters. The summed E-state index contributed by atoms with van der Waals surface area (Å²) in [5, 5.41) is 13.4. The van der Waals surface area contributed by atoms with E-state index < -0.39 is 11.9 Å². The number of thioether (sulfide) groups is 1. The van der Waals surface area contributed by atoms with E-state index in [-0.39, 0.29) is 5.75 Å². The van der Waals surface area contributed by atoms with Gasteiger partial charge >= 0.3 is 6.03 Å². The number of nitrogens with zero attached hydrogens (tertiary/aromatic N) is 4. The van der Waals surface area contributed by atoms with Gasteiger partial charge in [-0.15, -0.1) is 10.2 Å². The molecule has 0 radical (unpaired) electrons. The summed E-state index contributed by atoms with van der Waals surface area (Å²) in [6.07, 6.45) is 0.685. The Morgan fingerprint density at radius 1 is 1.33 bits per heavy atom. The standard InChI is InChI=1S/C14H20N6O3S/c1-9-7-10(2)20-12(16-9)18-19-14(20)24-8-11(21)17-13(22)15-5-4-6-23-3/h7H,4-6,8H2,1-3H3,(H2,15,17,21,22). The summed E-state index contributed by atoms with van der Waals surface area (Å²) in [5.41, 5.74) is 1.79. The number of carbonyl (C=O) groups is 2. The normalized spacial score (nSPS) is 10.8. The van der Waals surface area contributed by atoms with Gasteiger partial charge in [0.05, 0.1) is 5.75 Å². The van der Waals surface area contributed by atoms with Crippen LogP contribution < -0.4 is 10.6 Å². The van der Waals surface area contributed by atoms with Crippen LogP contribution in [0.1, 0.15) is 17.8 Å². The summed E-state index contributed by atoms with van der Waals surface area (Å²) < 4.78 is 6.65. The second-order valence-electron chi connectivity index (χ2n) is 5.10. The smallest absolute Gasteiger partial charge is 0.321 e. The van der Waals surface area contributed by atoms with Gasteiger partial charge in [-0.05, 0) is 26.3 Å². The van der Waals surface area contributed by atoms with Crippen LogP contribution in [-0.4, -0.2) is 57.5 Å². The molecule has 24 heavy (non-hydrogen) atoms. The summed E-state index contributed by atoms with van der Waals surface area (Å²) in [4.78, 5) is 27.7. The molecule has 0 aliphatic carbocycles. The Bertz CT molecular complexity index is 733. The molecule has 0 aromatic carbocycles. The minimum absolute atomic E-state index is 0.0552. The van der Waals surface area contributed by atoms with Gasteiger partial charge in [0.15, 0.2) is 5.16 Å². The molecule has 2 heterocycles. The van der Waals surface area contributed by atoms with Gasteiger partial charge in [-0.3, -0.25) is 14.5 Å². The first-order valence-corrected chi connectivity index (χ1v) is 8.38. The fourth-order valence-electron chi connectivity index (χ4n) is 2.05. The van der Waals surface area contributed by atoms with E-state index >= 15 is 0 Å². The summed E-state index contributed by atoms with van der Waals surface area (Å²) in [5.74, 6) is 0.143. The number of urea groups is 1. The Morgan fingerprint density at radius 3 is 2.88 bits per heavy atom. The molecule has 9 nitrogen and oxygen atoms in total. The van der Waals surface area contributed by atoms with Crippen molar-refractivity contribution in [3.63, 3.8) is 0 Å². The SMILES string of the molecule is COCCCNC(=O)NC(=O)CSc1nnc2nc(C)cc(C)n12. The topological polar surface area (TPSA) is 111 Å². The summed E-state index contributed by atoms with van der Waals surface area (Å²) in [6.45, 7) is 4.80. The maximum absolute atomic E-state index is 11.8. The second-order valence-corrected chi connectivity index (χ2v) is 6.04. The number of methoxy groups -OCH3 is 1. The minimum atomic E-state index is -0.517. The van der Waals surface area contributed by atoms with E-state index in [4.69, 9.17) is 4.74 Å². The molecule has 2 aromatic heterocycles. The van der Waals surface area contributed by atoms with Crippen molar-refractivity contribution in [1.29, 1.82) is 0 Å². The number of aromatic nitrogens is 4. The largest absolute Gasteiger partial charge is 0.385 e. The van der Waals surface area contributed by atoms with Gasteiger partial charge in [-0.1, -0.05) is 11.8 Å². The first-order chi connectivity index (χ1) is 11.5. The molecular weight excluding hydrogens is 332 g/mol. The predicted molar refractivity (Wildman–Crippen MR) is 89.0 cm³/mol. The number of nitrogens with one attached hydrogen (secondary N) is 2. The van der Waals surface area contributed by atoms with E-state index in [0.717, 1.165) is 11.4 Å². The van der Waals surface area contributed by atoms with Crippen LogP contribution in [0.3, 0.4) is 0 Å². The van der Waals surface area contributed by atoms with Gasteiger partial charge in [-0.2, -0.15) is 0 Å². The fourth-order valence-corrected chi connectivity index (χ4v) is 2.83. The fraction of sp³-hybridized carbons (Fsp3) is 0.500. The number of imide groups is 1. The van der Waals surface area contributed by atoms with Crippen LogP contribution in [0.5, 0.6) is 0 Å². The van der Waals surface area contributed by atoms with Gasteiger partial charge in [0, 0.05) is 31.6 Å². The maximum Gasteiger partial charge on any atom is 0.321 e. The molecule has 0 fully saturated rings. The van der Waals surface area contributed by atoms with Crippen LogP contribution in [0.2, 0.25) is 0 Å². The first-order valence-electron chi connectivity index (χ1n) is 7.40. The molecule has 0 saturated heterocycles. The van der Waals surface area contributed by atoms with Crippen LogP contribution in [0.25, 0.3) is 5.78 Å². The molecule has 0 bridgehead atoms. The quantitative estimate of drug-likeness (QED) is 0.557. The van der Waals surface area contributed by atoms with E-state index in [2.05, 4.69) is 25.8 Å². The van der Waals surface area contributed by atoms with E-state index in [0.29, 0.717) is 30.5 Å². The molecule has 0 aliphatic rings. The number of hydrogen-bond acceptors (Lipinski definition) is 7. The average Bonchev–Trinajstić information content (AvgIpc) is 2.92. The zero-order chi connectivity index (χ0) is 17.5. The lowest BCUT2D eigenvalue weighted by molar-refractivity contribution is -0.117. The van der Waals surface area contributed by atoms with Gasteiger partial charge in [0.25, 0.3) is 5.78 Å². The monoisotopic (exact) mass is 352 g/mol. The van der Waals surface area contributed by atoms with Crippen molar-refractivity contribution in [2.75, 3.05) is 26.0 Å². The summed E-state index contributed by atoms with van der Waals surface area (Å²) in [7, 11) is 1.59. The number of amides is 3. The van der Waals surface area contributed by atoms with Crippen LogP contribution in [0.4, 0.5) is 4.79 Å². The third kappa shape index (κ3) is 4.90. The minimum Gasteiger partial charge on any atom is -0.385 e. The van der Waals surface area contributed by atoms with Crippen LogP contribution in [-0.2, 0) is 9.53 Å². The third-order valence-corrected chi connectivity index (χ3v) is 3.99. The lowest BCUT2D eigenvalue weighted by atomic mass is 10.3. The van der Waals surface area contributed by atoms with Crippen molar-refractivity contribution in [2.24, 2.45) is 0 Å². The van der Waals surface area contributed by atoms with E-state index in [1.165, 1.54) is 11.8 Å². The first kappa shape index (κ1) is 18.1. The molecule has 2 rings (SSSR count). The highest BCUT2D eigenvalue weighted by Crippen LogP contribution is 2.18. The Labute approximate surface area is 143 Å². The number of fused-ring (bicyclic) bond motifs is 1. The number of hydrogen-bond donors (Lipinski definition) is 2. The molecule has 3 amide bonds. The highest BCUT2D eigenvalue weighted by Gasteiger charge is 2.13. The van der Waals surface area contributed by atoms with Crippen molar-refractivity contribution < 1.29 is 14.3 Å². The van der Waals surface area contributed by atoms with Crippen molar-refractivity contribution in [1.82, 2.24) is 30.2 Å². The van der Waals surface area contributed by atoms with Gasteiger partial charge < -0.3 is 10.1 Å². The Kier molecular flexibility index (Phi) is 6.50. The Hall–Kier alpha value is -2.20. The lowest BCUT2D eigenvalue weighted by Crippen LogP contribution is -2.40. The Balaban J connectivity index is 1.85. The van der Waals surface area contributed by atoms with E-state index in [9.17, 15) is 9.59 Å². The van der Waals surface area contributed by atoms with Crippen LogP contribution in [0.15, 0.2) is 11.2 Å². The van der Waals surface area contributed by atoms with Crippen LogP contribution in [0, 0.1) is 13.8 Å². The van der Waals surface area contributed by atoms with Crippen molar-refractivity contribution >= 4 is 29.5 Å². The van der Waals surface area contributed by atoms with Crippen molar-refractivity contribution in [3.05, 3.63) is 17.5 Å². The number of aryl methyl sites for hydroxylation is 2. The number of carbonyl (C=O) groups excluding carboxylic acids is 2. The number of ether oxygens (including phenoxy) is 1. The van der Waals surface area contributed by atoms with Crippen LogP contribution >= 0.6 is 11.8 Å². The van der Waals surface area contributed by atoms with Gasteiger partial charge in [0.1, 0.15) is 0 Å². The van der Waals surface area contributed by atoms with Crippen molar-refractivity contribution in [2.45, 2.75) is 25.4 Å². The molecular formula is C14H20N6O3S. The molecule has 130 valence electrons. The molecule has 0 spiro atoms. The molecule has 2 aromatic rings. The molecule has 0 saturated carbocycles. The summed E-state index contributed by atoms with van der Waals surface area (Å²) in [6, 6.07) is 1.39. The zero-order valence-corrected chi connectivity index (χ0v) is 14.6. The Morgan fingerprint density at radius 2 is 2.12 bits per heavy atom. The van der Waals surface area contributed by atoms with E-state index in [1.54, 1.807) is 11.5 Å². The molecule has 0 atom stereocenters. The second kappa shape index (κ2) is 8.60.